The number of rotatable bonds is 5. The Bertz CT molecular complexity index is 802. The van der Waals surface area contributed by atoms with E-state index in [0.717, 1.165) is 5.56 Å². The summed E-state index contributed by atoms with van der Waals surface area (Å²) in [6.07, 6.45) is 0. The molecule has 0 spiro atoms. The van der Waals surface area contributed by atoms with Gasteiger partial charge in [-0.1, -0.05) is 28.1 Å². The largest absolute Gasteiger partial charge is 0.465 e. The number of carbonyl (C=O) groups excluding carboxylic acids is 3. The summed E-state index contributed by atoms with van der Waals surface area (Å²) in [6.45, 7) is 1.40. The summed E-state index contributed by atoms with van der Waals surface area (Å²) in [7, 11) is 1.31. The monoisotopic (exact) mass is 405 g/mol. The molecule has 25 heavy (non-hydrogen) atoms. The number of esters is 2. The van der Waals surface area contributed by atoms with E-state index in [4.69, 9.17) is 4.74 Å². The van der Waals surface area contributed by atoms with Crippen molar-refractivity contribution in [2.45, 2.75) is 13.5 Å². The number of carbonyl (C=O) groups is 3. The minimum Gasteiger partial charge on any atom is -0.465 e. The highest BCUT2D eigenvalue weighted by atomic mass is 79.9. The Morgan fingerprint density at radius 1 is 1.04 bits per heavy atom. The Morgan fingerprint density at radius 3 is 2.32 bits per heavy atom. The van der Waals surface area contributed by atoms with Gasteiger partial charge in [-0.2, -0.15) is 0 Å². The third-order valence-electron chi connectivity index (χ3n) is 3.26. The average Bonchev–Trinajstić information content (AvgIpc) is 2.60. The first-order valence-corrected chi connectivity index (χ1v) is 8.11. The first kappa shape index (κ1) is 18.7. The number of hydrogen-bond acceptors (Lipinski definition) is 5. The van der Waals surface area contributed by atoms with Crippen LogP contribution in [0.1, 0.15) is 33.2 Å². The van der Waals surface area contributed by atoms with E-state index in [2.05, 4.69) is 26.0 Å². The van der Waals surface area contributed by atoms with Gasteiger partial charge in [0.25, 0.3) is 0 Å². The lowest BCUT2D eigenvalue weighted by molar-refractivity contribution is -0.114. The van der Waals surface area contributed by atoms with Gasteiger partial charge in [-0.15, -0.1) is 0 Å². The number of halogens is 1. The maximum Gasteiger partial charge on any atom is 0.340 e. The van der Waals surface area contributed by atoms with Gasteiger partial charge in [0.05, 0.1) is 23.9 Å². The molecular weight excluding hydrogens is 390 g/mol. The molecule has 2 aromatic rings. The minimum absolute atomic E-state index is 0.0340. The summed E-state index contributed by atoms with van der Waals surface area (Å²) in [5.41, 5.74) is 1.76. The van der Waals surface area contributed by atoms with E-state index in [1.54, 1.807) is 42.5 Å². The zero-order valence-corrected chi connectivity index (χ0v) is 15.3. The molecule has 0 saturated heterocycles. The third-order valence-corrected chi connectivity index (χ3v) is 3.75. The highest BCUT2D eigenvalue weighted by Crippen LogP contribution is 2.22. The zero-order chi connectivity index (χ0) is 18.4. The molecule has 130 valence electrons. The zero-order valence-electron chi connectivity index (χ0n) is 13.7. The second-order valence-electron chi connectivity index (χ2n) is 5.14. The van der Waals surface area contributed by atoms with Crippen molar-refractivity contribution in [3.63, 3.8) is 0 Å². The molecule has 0 heterocycles. The van der Waals surface area contributed by atoms with Crippen molar-refractivity contribution in [3.05, 3.63) is 63.6 Å². The van der Waals surface area contributed by atoms with E-state index in [0.29, 0.717) is 15.7 Å². The van der Waals surface area contributed by atoms with Crippen LogP contribution in [0.5, 0.6) is 0 Å². The van der Waals surface area contributed by atoms with Crippen LogP contribution in [-0.4, -0.2) is 25.0 Å². The van der Waals surface area contributed by atoms with Gasteiger partial charge in [-0.25, -0.2) is 9.59 Å². The van der Waals surface area contributed by atoms with Crippen LogP contribution in [-0.2, 0) is 20.9 Å². The number of nitrogens with one attached hydrogen (secondary N) is 1. The fourth-order valence-corrected chi connectivity index (χ4v) is 2.43. The molecule has 7 heteroatoms. The molecule has 0 radical (unpaired) electrons. The van der Waals surface area contributed by atoms with E-state index in [1.807, 2.05) is 0 Å². The first-order valence-electron chi connectivity index (χ1n) is 7.32. The van der Waals surface area contributed by atoms with Gasteiger partial charge in [0.2, 0.25) is 5.91 Å². The highest BCUT2D eigenvalue weighted by Gasteiger charge is 2.15. The van der Waals surface area contributed by atoms with Crippen molar-refractivity contribution in [2.24, 2.45) is 0 Å². The molecule has 2 rings (SSSR count). The van der Waals surface area contributed by atoms with Gasteiger partial charge < -0.3 is 14.8 Å². The lowest BCUT2D eigenvalue weighted by atomic mass is 10.1. The summed E-state index contributed by atoms with van der Waals surface area (Å²) >= 11 is 3.29. The molecule has 0 saturated carbocycles. The van der Waals surface area contributed by atoms with Gasteiger partial charge in [0, 0.05) is 11.4 Å². The molecule has 0 atom stereocenters. The smallest absolute Gasteiger partial charge is 0.340 e. The Balaban J connectivity index is 2.08. The normalized spacial score (nSPS) is 10.0. The lowest BCUT2D eigenvalue weighted by Gasteiger charge is -2.11. The highest BCUT2D eigenvalue weighted by molar-refractivity contribution is 9.10. The van der Waals surface area contributed by atoms with Gasteiger partial charge in [0.1, 0.15) is 6.61 Å². The number of benzene rings is 2. The second kappa shape index (κ2) is 8.43. The molecule has 1 amide bonds. The molecular formula is C18H16BrNO5. The quantitative estimate of drug-likeness (QED) is 0.769. The first-order chi connectivity index (χ1) is 11.9. The van der Waals surface area contributed by atoms with Gasteiger partial charge in [-0.3, -0.25) is 4.79 Å². The van der Waals surface area contributed by atoms with Crippen molar-refractivity contribution in [1.29, 1.82) is 0 Å². The molecule has 0 aromatic heterocycles. The molecule has 0 aliphatic heterocycles. The van der Waals surface area contributed by atoms with Crippen molar-refractivity contribution in [1.82, 2.24) is 0 Å². The molecule has 0 aliphatic carbocycles. The topological polar surface area (TPSA) is 81.7 Å². The van der Waals surface area contributed by atoms with Crippen LogP contribution >= 0.6 is 15.9 Å². The number of anilines is 1. The summed E-state index contributed by atoms with van der Waals surface area (Å²) in [5, 5.41) is 2.59. The van der Waals surface area contributed by atoms with E-state index in [1.165, 1.54) is 14.0 Å². The number of hydrogen-bond donors (Lipinski definition) is 1. The molecule has 1 N–H and O–H groups in total. The van der Waals surface area contributed by atoms with Crippen molar-refractivity contribution in [2.75, 3.05) is 12.4 Å². The van der Waals surface area contributed by atoms with Crippen LogP contribution in [0.25, 0.3) is 0 Å². The van der Waals surface area contributed by atoms with E-state index in [9.17, 15) is 14.4 Å². The Hall–Kier alpha value is -2.67. The van der Waals surface area contributed by atoms with Crippen LogP contribution in [0.4, 0.5) is 5.69 Å². The average molecular weight is 406 g/mol. The molecule has 6 nitrogen and oxygen atoms in total. The Kier molecular flexibility index (Phi) is 6.30. The summed E-state index contributed by atoms with van der Waals surface area (Å²) < 4.78 is 10.6. The number of amides is 1. The van der Waals surface area contributed by atoms with E-state index >= 15 is 0 Å². The van der Waals surface area contributed by atoms with Gasteiger partial charge in [-0.05, 0) is 35.9 Å². The Morgan fingerprint density at radius 2 is 1.72 bits per heavy atom. The number of ether oxygens (including phenoxy) is 2. The van der Waals surface area contributed by atoms with Crippen LogP contribution < -0.4 is 5.32 Å². The van der Waals surface area contributed by atoms with Crippen LogP contribution in [0, 0.1) is 0 Å². The molecule has 0 aliphatic rings. The summed E-state index contributed by atoms with van der Waals surface area (Å²) in [5.74, 6) is -1.28. The Labute approximate surface area is 153 Å². The van der Waals surface area contributed by atoms with Crippen molar-refractivity contribution in [3.8, 4) is 0 Å². The van der Waals surface area contributed by atoms with Gasteiger partial charge in [0.15, 0.2) is 0 Å². The minimum atomic E-state index is -0.568. The molecule has 0 fully saturated rings. The van der Waals surface area contributed by atoms with Crippen LogP contribution in [0.15, 0.2) is 46.9 Å². The third kappa shape index (κ3) is 5.15. The standard InChI is InChI=1S/C18H16BrNO5/c1-11(21)20-16-8-7-14(19)9-15(16)18(23)25-10-12-3-5-13(6-4-12)17(22)24-2/h3-9H,10H2,1-2H3,(H,20,21). The maximum absolute atomic E-state index is 12.3. The van der Waals surface area contributed by atoms with E-state index < -0.39 is 11.9 Å². The van der Waals surface area contributed by atoms with Crippen LogP contribution in [0.3, 0.4) is 0 Å². The predicted molar refractivity (Wildman–Crippen MR) is 95.3 cm³/mol. The second-order valence-corrected chi connectivity index (χ2v) is 6.05. The lowest BCUT2D eigenvalue weighted by Crippen LogP contribution is -2.13. The van der Waals surface area contributed by atoms with Crippen molar-refractivity contribution >= 4 is 39.5 Å². The molecule has 0 bridgehead atoms. The fraction of sp³-hybridized carbons (Fsp3) is 0.167. The summed E-state index contributed by atoms with van der Waals surface area (Å²) in [4.78, 5) is 35.0. The molecule has 2 aromatic carbocycles. The van der Waals surface area contributed by atoms with E-state index in [-0.39, 0.29) is 18.1 Å². The number of methoxy groups -OCH3 is 1. The van der Waals surface area contributed by atoms with Crippen molar-refractivity contribution < 1.29 is 23.9 Å². The predicted octanol–water partition coefficient (Wildman–Crippen LogP) is 3.55. The fourth-order valence-electron chi connectivity index (χ4n) is 2.07. The maximum atomic E-state index is 12.3. The summed E-state index contributed by atoms with van der Waals surface area (Å²) in [6, 6.07) is 11.5. The van der Waals surface area contributed by atoms with Gasteiger partial charge >= 0.3 is 11.9 Å². The van der Waals surface area contributed by atoms with Crippen LogP contribution in [0.2, 0.25) is 0 Å². The molecule has 0 unspecified atom stereocenters. The SMILES string of the molecule is COC(=O)c1ccc(COC(=O)c2cc(Br)ccc2NC(C)=O)cc1.